The van der Waals surface area contributed by atoms with Crippen LogP contribution >= 0.6 is 11.3 Å². The number of nitrogens with zero attached hydrogens (tertiary/aromatic N) is 1. The number of rotatable bonds is 2. The second-order valence-electron chi connectivity index (χ2n) is 4.05. The van der Waals surface area contributed by atoms with Crippen molar-refractivity contribution >= 4 is 11.3 Å². The number of hydrogen-bond acceptors (Lipinski definition) is 2. The van der Waals surface area contributed by atoms with Crippen LogP contribution in [0.1, 0.15) is 31.0 Å². The lowest BCUT2D eigenvalue weighted by Gasteiger charge is -2.01. The summed E-state index contributed by atoms with van der Waals surface area (Å²) >= 11 is 1.73. The summed E-state index contributed by atoms with van der Waals surface area (Å²) in [6.07, 6.45) is 0. The SMILES string of the molecule is Cc1ccccc1-c1nc(C(C)C)cs1. The number of benzene rings is 1. The van der Waals surface area contributed by atoms with Gasteiger partial charge in [0.2, 0.25) is 0 Å². The maximum Gasteiger partial charge on any atom is 0.123 e. The van der Waals surface area contributed by atoms with Crippen molar-refractivity contribution in [3.05, 3.63) is 40.9 Å². The Morgan fingerprint density at radius 3 is 2.53 bits per heavy atom. The van der Waals surface area contributed by atoms with Crippen molar-refractivity contribution in [1.82, 2.24) is 4.98 Å². The van der Waals surface area contributed by atoms with Crippen LogP contribution < -0.4 is 0 Å². The van der Waals surface area contributed by atoms with E-state index in [2.05, 4.69) is 55.4 Å². The number of hydrogen-bond donors (Lipinski definition) is 0. The summed E-state index contributed by atoms with van der Waals surface area (Å²) in [7, 11) is 0. The van der Waals surface area contributed by atoms with E-state index in [4.69, 9.17) is 0 Å². The Bertz CT molecular complexity index is 457. The Balaban J connectivity index is 2.42. The van der Waals surface area contributed by atoms with Gasteiger partial charge in [-0.2, -0.15) is 0 Å². The third kappa shape index (κ3) is 2.10. The molecule has 1 aromatic carbocycles. The third-order valence-corrected chi connectivity index (χ3v) is 3.38. The van der Waals surface area contributed by atoms with E-state index < -0.39 is 0 Å². The van der Waals surface area contributed by atoms with Gasteiger partial charge in [-0.25, -0.2) is 4.98 Å². The highest BCUT2D eigenvalue weighted by Gasteiger charge is 2.08. The van der Waals surface area contributed by atoms with Gasteiger partial charge >= 0.3 is 0 Å². The highest BCUT2D eigenvalue weighted by molar-refractivity contribution is 7.13. The molecule has 1 heterocycles. The Kier molecular flexibility index (Phi) is 2.87. The molecule has 1 nitrogen and oxygen atoms in total. The lowest BCUT2D eigenvalue weighted by atomic mass is 10.1. The molecule has 0 spiro atoms. The van der Waals surface area contributed by atoms with E-state index in [0.717, 1.165) is 5.01 Å². The molecule has 0 aliphatic heterocycles. The van der Waals surface area contributed by atoms with Crippen LogP contribution in [0.15, 0.2) is 29.6 Å². The standard InChI is InChI=1S/C13H15NS/c1-9(2)12-8-15-13(14-12)11-7-5-4-6-10(11)3/h4-9H,1-3H3. The number of aromatic nitrogens is 1. The zero-order valence-electron chi connectivity index (χ0n) is 9.32. The van der Waals surface area contributed by atoms with Crippen LogP contribution in [0.4, 0.5) is 0 Å². The van der Waals surface area contributed by atoms with Crippen molar-refractivity contribution < 1.29 is 0 Å². The molecule has 0 N–H and O–H groups in total. The van der Waals surface area contributed by atoms with Gasteiger partial charge in [0.1, 0.15) is 5.01 Å². The Hall–Kier alpha value is -1.15. The first-order valence-corrected chi connectivity index (χ1v) is 6.08. The molecule has 0 aliphatic rings. The van der Waals surface area contributed by atoms with E-state index in [9.17, 15) is 0 Å². The monoisotopic (exact) mass is 217 g/mol. The lowest BCUT2D eigenvalue weighted by molar-refractivity contribution is 0.834. The van der Waals surface area contributed by atoms with Gasteiger partial charge in [-0.15, -0.1) is 11.3 Å². The van der Waals surface area contributed by atoms with Gasteiger partial charge in [-0.05, 0) is 18.4 Å². The van der Waals surface area contributed by atoms with E-state index in [0.29, 0.717) is 5.92 Å². The molecule has 0 radical (unpaired) electrons. The van der Waals surface area contributed by atoms with Crippen LogP contribution in [0.25, 0.3) is 10.6 Å². The van der Waals surface area contributed by atoms with Crippen LogP contribution in [0.3, 0.4) is 0 Å². The minimum Gasteiger partial charge on any atom is -0.241 e. The molecule has 2 rings (SSSR count). The average Bonchev–Trinajstić information content (AvgIpc) is 2.67. The summed E-state index contributed by atoms with van der Waals surface area (Å²) in [6, 6.07) is 8.40. The highest BCUT2D eigenvalue weighted by Crippen LogP contribution is 2.28. The van der Waals surface area contributed by atoms with Gasteiger partial charge in [0.05, 0.1) is 5.69 Å². The van der Waals surface area contributed by atoms with Gasteiger partial charge in [-0.1, -0.05) is 38.1 Å². The van der Waals surface area contributed by atoms with Crippen molar-refractivity contribution in [2.24, 2.45) is 0 Å². The largest absolute Gasteiger partial charge is 0.241 e. The Morgan fingerprint density at radius 1 is 1.20 bits per heavy atom. The van der Waals surface area contributed by atoms with E-state index >= 15 is 0 Å². The third-order valence-electron chi connectivity index (χ3n) is 2.49. The van der Waals surface area contributed by atoms with Crippen LogP contribution in [-0.4, -0.2) is 4.98 Å². The summed E-state index contributed by atoms with van der Waals surface area (Å²) in [5.41, 5.74) is 3.75. The predicted octanol–water partition coefficient (Wildman–Crippen LogP) is 4.24. The Labute approximate surface area is 94.8 Å². The van der Waals surface area contributed by atoms with Gasteiger partial charge in [0.15, 0.2) is 0 Å². The molecule has 0 saturated carbocycles. The molecule has 2 heteroatoms. The first-order chi connectivity index (χ1) is 7.18. The normalized spacial score (nSPS) is 10.9. The molecule has 0 atom stereocenters. The fourth-order valence-electron chi connectivity index (χ4n) is 1.49. The first-order valence-electron chi connectivity index (χ1n) is 5.20. The van der Waals surface area contributed by atoms with Crippen LogP contribution in [0, 0.1) is 6.92 Å². The van der Waals surface area contributed by atoms with Crippen LogP contribution in [0.2, 0.25) is 0 Å². The van der Waals surface area contributed by atoms with Crippen molar-refractivity contribution in [2.45, 2.75) is 26.7 Å². The summed E-state index contributed by atoms with van der Waals surface area (Å²) in [5.74, 6) is 0.513. The Morgan fingerprint density at radius 2 is 1.93 bits per heavy atom. The van der Waals surface area contributed by atoms with E-state index in [1.807, 2.05) is 0 Å². The van der Waals surface area contributed by atoms with Crippen molar-refractivity contribution in [2.75, 3.05) is 0 Å². The van der Waals surface area contributed by atoms with Crippen molar-refractivity contribution in [3.8, 4) is 10.6 Å². The molecular formula is C13H15NS. The molecule has 0 bridgehead atoms. The lowest BCUT2D eigenvalue weighted by Crippen LogP contribution is -1.87. The molecule has 0 saturated heterocycles. The summed E-state index contributed by atoms with van der Waals surface area (Å²) in [6.45, 7) is 6.49. The smallest absolute Gasteiger partial charge is 0.123 e. The molecule has 0 fully saturated rings. The van der Waals surface area contributed by atoms with Crippen molar-refractivity contribution in [1.29, 1.82) is 0 Å². The van der Waals surface area contributed by atoms with Crippen LogP contribution in [0.5, 0.6) is 0 Å². The predicted molar refractivity (Wildman–Crippen MR) is 66.4 cm³/mol. The summed E-state index contributed by atoms with van der Waals surface area (Å²) < 4.78 is 0. The minimum atomic E-state index is 0.513. The van der Waals surface area contributed by atoms with Gasteiger partial charge in [0, 0.05) is 10.9 Å². The molecule has 0 amide bonds. The zero-order chi connectivity index (χ0) is 10.8. The molecule has 15 heavy (non-hydrogen) atoms. The zero-order valence-corrected chi connectivity index (χ0v) is 10.1. The van der Waals surface area contributed by atoms with Gasteiger partial charge in [-0.3, -0.25) is 0 Å². The maximum atomic E-state index is 4.66. The summed E-state index contributed by atoms with van der Waals surface area (Å²) in [4.78, 5) is 4.66. The quantitative estimate of drug-likeness (QED) is 0.733. The average molecular weight is 217 g/mol. The second-order valence-corrected chi connectivity index (χ2v) is 4.91. The van der Waals surface area contributed by atoms with Crippen molar-refractivity contribution in [3.63, 3.8) is 0 Å². The topological polar surface area (TPSA) is 12.9 Å². The highest BCUT2D eigenvalue weighted by atomic mass is 32.1. The number of aryl methyl sites for hydroxylation is 1. The number of thiazole rings is 1. The molecule has 78 valence electrons. The fraction of sp³-hybridized carbons (Fsp3) is 0.308. The summed E-state index contributed by atoms with van der Waals surface area (Å²) in [5, 5.41) is 3.30. The molecule has 2 aromatic rings. The second kappa shape index (κ2) is 4.15. The van der Waals surface area contributed by atoms with Gasteiger partial charge < -0.3 is 0 Å². The fourth-order valence-corrected chi connectivity index (χ4v) is 2.56. The molecular weight excluding hydrogens is 202 g/mol. The van der Waals surface area contributed by atoms with E-state index in [1.54, 1.807) is 11.3 Å². The maximum absolute atomic E-state index is 4.66. The molecule has 1 aromatic heterocycles. The van der Waals surface area contributed by atoms with Gasteiger partial charge in [0.25, 0.3) is 0 Å². The first kappa shape index (κ1) is 10.4. The molecule has 0 aliphatic carbocycles. The van der Waals surface area contributed by atoms with E-state index in [-0.39, 0.29) is 0 Å². The van der Waals surface area contributed by atoms with E-state index in [1.165, 1.54) is 16.8 Å². The minimum absolute atomic E-state index is 0.513. The van der Waals surface area contributed by atoms with Crippen LogP contribution in [-0.2, 0) is 0 Å². The molecule has 0 unspecified atom stereocenters.